The van der Waals surface area contributed by atoms with Gasteiger partial charge in [0.1, 0.15) is 6.04 Å². The number of fused-ring (bicyclic) bond motifs is 1. The number of nitrogens with one attached hydrogen (secondary N) is 2. The summed E-state index contributed by atoms with van der Waals surface area (Å²) in [5, 5.41) is 14.9. The van der Waals surface area contributed by atoms with Crippen LogP contribution in [0.25, 0.3) is 0 Å². The van der Waals surface area contributed by atoms with E-state index in [0.717, 1.165) is 12.8 Å². The minimum absolute atomic E-state index is 0.0255. The van der Waals surface area contributed by atoms with E-state index >= 15 is 0 Å². The zero-order valence-electron chi connectivity index (χ0n) is 16.8. The second-order valence-corrected chi connectivity index (χ2v) is 7.74. The Bertz CT molecular complexity index is 592. The van der Waals surface area contributed by atoms with Gasteiger partial charge in [-0.1, -0.05) is 32.4 Å². The van der Waals surface area contributed by atoms with Crippen molar-refractivity contribution >= 4 is 17.7 Å². The molecule has 3 N–H and O–H groups in total. The van der Waals surface area contributed by atoms with Gasteiger partial charge in [-0.3, -0.25) is 14.4 Å². The molecular weight excluding hydrogens is 346 g/mol. The molecule has 3 amide bonds. The molecule has 7 heteroatoms. The van der Waals surface area contributed by atoms with Crippen molar-refractivity contribution in [3.8, 4) is 0 Å². The van der Waals surface area contributed by atoms with Crippen molar-refractivity contribution in [2.75, 3.05) is 20.2 Å². The predicted octanol–water partition coefficient (Wildman–Crippen LogP) is 0.685. The molecule has 0 bridgehead atoms. The highest BCUT2D eigenvalue weighted by Gasteiger charge is 2.56. The van der Waals surface area contributed by atoms with Gasteiger partial charge in [-0.15, -0.1) is 0 Å². The van der Waals surface area contributed by atoms with Gasteiger partial charge in [-0.2, -0.15) is 0 Å². The van der Waals surface area contributed by atoms with Crippen molar-refractivity contribution in [3.63, 3.8) is 0 Å². The standard InChI is InChI=1S/C20H33N3O4/c1-5-7-13(3)22-19(26)17-14-9-8-12(2)15(18(25)21-4)16(14)20(27)23(17)10-6-11-24/h8-9,12-17,24H,5-7,10-11H2,1-4H3,(H,21,25)(H,22,26)/t12-,13?,14+,15-,16+,17+/m1/s1. The summed E-state index contributed by atoms with van der Waals surface area (Å²) in [4.78, 5) is 40.3. The van der Waals surface area contributed by atoms with Gasteiger partial charge in [0.05, 0.1) is 11.8 Å². The molecule has 1 aliphatic carbocycles. The summed E-state index contributed by atoms with van der Waals surface area (Å²) in [6.07, 6.45) is 6.11. The van der Waals surface area contributed by atoms with E-state index in [2.05, 4.69) is 17.6 Å². The van der Waals surface area contributed by atoms with Crippen molar-refractivity contribution in [2.24, 2.45) is 23.7 Å². The Labute approximate surface area is 161 Å². The van der Waals surface area contributed by atoms with E-state index in [9.17, 15) is 19.5 Å². The lowest BCUT2D eigenvalue weighted by molar-refractivity contribution is -0.140. The largest absolute Gasteiger partial charge is 0.396 e. The predicted molar refractivity (Wildman–Crippen MR) is 103 cm³/mol. The van der Waals surface area contributed by atoms with E-state index < -0.39 is 17.9 Å². The molecule has 1 unspecified atom stereocenters. The lowest BCUT2D eigenvalue weighted by atomic mass is 9.70. The fraction of sp³-hybridized carbons (Fsp3) is 0.750. The van der Waals surface area contributed by atoms with Gasteiger partial charge in [-0.05, 0) is 25.7 Å². The Morgan fingerprint density at radius 3 is 2.59 bits per heavy atom. The van der Waals surface area contributed by atoms with Crippen LogP contribution in [0.5, 0.6) is 0 Å². The van der Waals surface area contributed by atoms with Crippen LogP contribution in [0.2, 0.25) is 0 Å². The fourth-order valence-corrected chi connectivity index (χ4v) is 4.47. The van der Waals surface area contributed by atoms with Crippen molar-refractivity contribution in [2.45, 2.75) is 52.1 Å². The normalized spacial score (nSPS) is 30.8. The third-order valence-corrected chi connectivity index (χ3v) is 5.76. The minimum Gasteiger partial charge on any atom is -0.396 e. The Hall–Kier alpha value is -1.89. The molecule has 0 radical (unpaired) electrons. The Kier molecular flexibility index (Phi) is 7.41. The van der Waals surface area contributed by atoms with Gasteiger partial charge in [0.2, 0.25) is 17.7 Å². The summed E-state index contributed by atoms with van der Waals surface area (Å²) in [6.45, 7) is 6.20. The lowest BCUT2D eigenvalue weighted by Crippen LogP contribution is -2.50. The first kappa shape index (κ1) is 21.4. The van der Waals surface area contributed by atoms with Gasteiger partial charge in [0, 0.05) is 32.2 Å². The molecular formula is C20H33N3O4. The van der Waals surface area contributed by atoms with Crippen molar-refractivity contribution in [3.05, 3.63) is 12.2 Å². The van der Waals surface area contributed by atoms with Gasteiger partial charge in [-0.25, -0.2) is 0 Å². The molecule has 2 rings (SSSR count). The van der Waals surface area contributed by atoms with Crippen LogP contribution in [0.3, 0.4) is 0 Å². The van der Waals surface area contributed by atoms with E-state index in [0.29, 0.717) is 13.0 Å². The third kappa shape index (κ3) is 4.34. The maximum atomic E-state index is 13.2. The maximum absolute atomic E-state index is 13.2. The molecule has 6 atom stereocenters. The summed E-state index contributed by atoms with van der Waals surface area (Å²) in [7, 11) is 1.57. The molecule has 1 saturated heterocycles. The van der Waals surface area contributed by atoms with Crippen molar-refractivity contribution < 1.29 is 19.5 Å². The van der Waals surface area contributed by atoms with Crippen LogP contribution in [0.15, 0.2) is 12.2 Å². The highest BCUT2D eigenvalue weighted by Crippen LogP contribution is 2.43. The summed E-state index contributed by atoms with van der Waals surface area (Å²) < 4.78 is 0. The summed E-state index contributed by atoms with van der Waals surface area (Å²) in [5.74, 6) is -1.94. The molecule has 1 fully saturated rings. The number of aliphatic hydroxyl groups is 1. The number of hydrogen-bond acceptors (Lipinski definition) is 4. The first-order chi connectivity index (χ1) is 12.9. The number of hydrogen-bond donors (Lipinski definition) is 3. The second kappa shape index (κ2) is 9.35. The summed E-state index contributed by atoms with van der Waals surface area (Å²) in [6, 6.07) is -0.609. The second-order valence-electron chi connectivity index (χ2n) is 7.74. The molecule has 2 aliphatic rings. The first-order valence-electron chi connectivity index (χ1n) is 9.98. The highest BCUT2D eigenvalue weighted by atomic mass is 16.3. The van der Waals surface area contributed by atoms with E-state index in [4.69, 9.17) is 0 Å². The highest BCUT2D eigenvalue weighted by molar-refractivity contribution is 5.96. The quantitative estimate of drug-likeness (QED) is 0.540. The number of nitrogens with zero attached hydrogens (tertiary/aromatic N) is 1. The molecule has 0 saturated carbocycles. The van der Waals surface area contributed by atoms with Gasteiger partial charge in [0.25, 0.3) is 0 Å². The van der Waals surface area contributed by atoms with E-state index in [1.54, 1.807) is 11.9 Å². The smallest absolute Gasteiger partial charge is 0.243 e. The van der Waals surface area contributed by atoms with Gasteiger partial charge < -0.3 is 20.6 Å². The number of rotatable bonds is 8. The zero-order valence-corrected chi connectivity index (χ0v) is 16.8. The SMILES string of the molecule is CCCC(C)NC(=O)[C@@H]1[C@H]2C=C[C@@H](C)[C@@H](C(=O)NC)[C@H]2C(=O)N1CCCO. The van der Waals surface area contributed by atoms with Crippen LogP contribution >= 0.6 is 0 Å². The molecule has 0 spiro atoms. The van der Waals surface area contributed by atoms with Gasteiger partial charge >= 0.3 is 0 Å². The van der Waals surface area contributed by atoms with Crippen molar-refractivity contribution in [1.82, 2.24) is 15.5 Å². The number of allylic oxidation sites excluding steroid dienone is 1. The molecule has 1 aliphatic heterocycles. The Morgan fingerprint density at radius 1 is 1.30 bits per heavy atom. The fourth-order valence-electron chi connectivity index (χ4n) is 4.47. The number of aliphatic hydroxyl groups excluding tert-OH is 1. The average molecular weight is 380 g/mol. The Balaban J connectivity index is 2.34. The van der Waals surface area contributed by atoms with Crippen LogP contribution in [0.1, 0.15) is 40.0 Å². The van der Waals surface area contributed by atoms with Crippen LogP contribution in [-0.4, -0.2) is 60.0 Å². The van der Waals surface area contributed by atoms with E-state index in [1.807, 2.05) is 26.0 Å². The molecule has 27 heavy (non-hydrogen) atoms. The lowest BCUT2D eigenvalue weighted by Gasteiger charge is -2.32. The van der Waals surface area contributed by atoms with Crippen LogP contribution in [0.4, 0.5) is 0 Å². The molecule has 7 nitrogen and oxygen atoms in total. The topological polar surface area (TPSA) is 98.7 Å². The zero-order chi connectivity index (χ0) is 20.1. The monoisotopic (exact) mass is 379 g/mol. The molecule has 0 aromatic heterocycles. The van der Waals surface area contributed by atoms with Gasteiger partial charge in [0.15, 0.2) is 0 Å². The minimum atomic E-state index is -0.635. The molecule has 0 aromatic carbocycles. The number of carbonyl (C=O) groups excluding carboxylic acids is 3. The van der Waals surface area contributed by atoms with Crippen LogP contribution in [0, 0.1) is 23.7 Å². The van der Waals surface area contributed by atoms with Crippen LogP contribution < -0.4 is 10.6 Å². The number of amides is 3. The number of likely N-dealkylation sites (tertiary alicyclic amines) is 1. The average Bonchev–Trinajstić information content (AvgIpc) is 2.91. The van der Waals surface area contributed by atoms with E-state index in [1.165, 1.54) is 0 Å². The molecule has 152 valence electrons. The number of carbonyl (C=O) groups is 3. The Morgan fingerprint density at radius 2 is 2.00 bits per heavy atom. The third-order valence-electron chi connectivity index (χ3n) is 5.76. The first-order valence-corrected chi connectivity index (χ1v) is 9.98. The molecule has 1 heterocycles. The molecule has 0 aromatic rings. The maximum Gasteiger partial charge on any atom is 0.243 e. The summed E-state index contributed by atoms with van der Waals surface area (Å²) in [5.41, 5.74) is 0. The van der Waals surface area contributed by atoms with Crippen LogP contribution in [-0.2, 0) is 14.4 Å². The summed E-state index contributed by atoms with van der Waals surface area (Å²) >= 11 is 0. The van der Waals surface area contributed by atoms with Crippen molar-refractivity contribution in [1.29, 1.82) is 0 Å². The van der Waals surface area contributed by atoms with E-state index in [-0.39, 0.29) is 42.2 Å².